The smallest absolute Gasteiger partial charge is 0.226 e. The summed E-state index contributed by atoms with van der Waals surface area (Å²) in [5.74, 6) is 1.000. The lowest BCUT2D eigenvalue weighted by molar-refractivity contribution is 0.485. The summed E-state index contributed by atoms with van der Waals surface area (Å²) in [7, 11) is 0. The van der Waals surface area contributed by atoms with Gasteiger partial charge in [-0.25, -0.2) is 14.4 Å². The van der Waals surface area contributed by atoms with Crippen molar-refractivity contribution in [2.45, 2.75) is 19.6 Å². The van der Waals surface area contributed by atoms with Crippen molar-refractivity contribution < 1.29 is 4.39 Å². The monoisotopic (exact) mass is 524 g/mol. The van der Waals surface area contributed by atoms with Crippen LogP contribution < -0.4 is 10.6 Å². The van der Waals surface area contributed by atoms with Gasteiger partial charge in [-0.15, -0.1) is 0 Å². The first-order valence-corrected chi connectivity index (χ1v) is 12.3. The van der Waals surface area contributed by atoms with E-state index in [1.165, 1.54) is 11.3 Å². The molecule has 0 amide bonds. The molecule has 0 fully saturated rings. The molecule has 2 N–H and O–H groups in total. The predicted molar refractivity (Wildman–Crippen MR) is 141 cm³/mol. The molecule has 3 heterocycles. The molecule has 5 aromatic rings. The highest BCUT2D eigenvalue weighted by molar-refractivity contribution is 7.18. The Kier molecular flexibility index (Phi) is 7.03. The van der Waals surface area contributed by atoms with E-state index in [1.54, 1.807) is 24.5 Å². The Morgan fingerprint density at radius 2 is 1.69 bits per heavy atom. The van der Waals surface area contributed by atoms with Crippen LogP contribution in [0.1, 0.15) is 21.7 Å². The summed E-state index contributed by atoms with van der Waals surface area (Å²) in [6.07, 6.45) is 3.99. The van der Waals surface area contributed by atoms with Crippen LogP contribution in [0.2, 0.25) is 10.0 Å². The van der Waals surface area contributed by atoms with Crippen molar-refractivity contribution in [3.63, 3.8) is 0 Å². The Hall–Kier alpha value is -3.33. The van der Waals surface area contributed by atoms with Crippen LogP contribution in [0, 0.1) is 0 Å². The van der Waals surface area contributed by atoms with E-state index in [-0.39, 0.29) is 0 Å². The fourth-order valence-electron chi connectivity index (χ4n) is 3.46. The van der Waals surface area contributed by atoms with Crippen molar-refractivity contribution in [3.8, 4) is 0 Å². The zero-order valence-corrected chi connectivity index (χ0v) is 20.6. The first kappa shape index (κ1) is 23.4. The van der Waals surface area contributed by atoms with Crippen LogP contribution in [0.3, 0.4) is 0 Å². The molecule has 176 valence electrons. The van der Waals surface area contributed by atoms with Gasteiger partial charge in [0.15, 0.2) is 10.6 Å². The predicted octanol–water partition coefficient (Wildman–Crippen LogP) is 7.20. The van der Waals surface area contributed by atoms with Gasteiger partial charge in [0.1, 0.15) is 17.2 Å². The molecule has 2 aromatic carbocycles. The third-order valence-corrected chi connectivity index (χ3v) is 6.89. The Morgan fingerprint density at radius 3 is 2.40 bits per heavy atom. The number of benzene rings is 2. The number of nitrogens with one attached hydrogen (secondary N) is 2. The van der Waals surface area contributed by atoms with Gasteiger partial charge in [-0.1, -0.05) is 58.8 Å². The average Bonchev–Trinajstić information content (AvgIpc) is 3.29. The minimum atomic E-state index is -0.513. The molecule has 0 aliphatic rings. The topological polar surface area (TPSA) is 75.6 Å². The van der Waals surface area contributed by atoms with Gasteiger partial charge in [-0.05, 0) is 47.0 Å². The molecular formula is C25H19Cl2FN6S. The molecule has 0 aliphatic heterocycles. The van der Waals surface area contributed by atoms with Gasteiger partial charge in [0.05, 0.1) is 0 Å². The number of hydrogen-bond donors (Lipinski definition) is 2. The van der Waals surface area contributed by atoms with Gasteiger partial charge in [0.2, 0.25) is 5.95 Å². The molecule has 0 saturated heterocycles. The molecule has 35 heavy (non-hydrogen) atoms. The van der Waals surface area contributed by atoms with Gasteiger partial charge >= 0.3 is 0 Å². The largest absolute Gasteiger partial charge is 0.350 e. The van der Waals surface area contributed by atoms with Crippen molar-refractivity contribution in [1.82, 2.24) is 19.9 Å². The van der Waals surface area contributed by atoms with Crippen LogP contribution in [-0.4, -0.2) is 19.9 Å². The van der Waals surface area contributed by atoms with Gasteiger partial charge in [-0.3, -0.25) is 4.98 Å². The van der Waals surface area contributed by atoms with Crippen LogP contribution in [0.15, 0.2) is 67.0 Å². The van der Waals surface area contributed by atoms with E-state index in [0.717, 1.165) is 26.7 Å². The Labute approximate surface area is 215 Å². The zero-order valence-electron chi connectivity index (χ0n) is 18.3. The molecule has 5 rings (SSSR count). The molecule has 0 spiro atoms. The summed E-state index contributed by atoms with van der Waals surface area (Å²) in [4.78, 5) is 19.0. The molecule has 10 heteroatoms. The highest BCUT2D eigenvalue weighted by Crippen LogP contribution is 2.33. The summed E-state index contributed by atoms with van der Waals surface area (Å²) in [6.45, 7) is 0.00533. The molecule has 0 atom stereocenters. The maximum Gasteiger partial charge on any atom is 0.226 e. The van der Waals surface area contributed by atoms with E-state index in [1.807, 2.05) is 42.5 Å². The molecule has 0 bridgehead atoms. The van der Waals surface area contributed by atoms with Gasteiger partial charge in [-0.2, -0.15) is 4.98 Å². The van der Waals surface area contributed by atoms with Crippen LogP contribution in [0.25, 0.3) is 10.3 Å². The number of anilines is 3. The second-order valence-electron chi connectivity index (χ2n) is 7.70. The van der Waals surface area contributed by atoms with E-state index in [2.05, 4.69) is 25.6 Å². The van der Waals surface area contributed by atoms with Crippen molar-refractivity contribution in [1.29, 1.82) is 0 Å². The van der Waals surface area contributed by atoms with Gasteiger partial charge in [0, 0.05) is 41.1 Å². The summed E-state index contributed by atoms with van der Waals surface area (Å²) in [5.41, 5.74) is 3.83. The zero-order chi connectivity index (χ0) is 24.2. The first-order valence-electron chi connectivity index (χ1n) is 10.7. The third-order valence-electron chi connectivity index (χ3n) is 5.24. The normalized spacial score (nSPS) is 11.1. The Balaban J connectivity index is 1.50. The number of thiazole rings is 1. The standard InChI is InChI=1S/C25H19Cl2FN6S/c26-19-4-1-5-20(27)18(19)11-21-32-22-23(31-17-8-6-15(12-28)7-9-17)33-25(34-24(22)35-21)30-14-16-3-2-10-29-13-16/h1-10,13H,11-12,14H2,(H2,30,31,33,34). The molecular weight excluding hydrogens is 506 g/mol. The minimum Gasteiger partial charge on any atom is -0.350 e. The second kappa shape index (κ2) is 10.5. The Morgan fingerprint density at radius 1 is 0.886 bits per heavy atom. The van der Waals surface area contributed by atoms with E-state index in [0.29, 0.717) is 45.9 Å². The fourth-order valence-corrected chi connectivity index (χ4v) is 4.94. The van der Waals surface area contributed by atoms with Crippen molar-refractivity contribution in [3.05, 3.63) is 98.7 Å². The van der Waals surface area contributed by atoms with Crippen LogP contribution in [0.5, 0.6) is 0 Å². The van der Waals surface area contributed by atoms with Crippen LogP contribution in [-0.2, 0) is 19.6 Å². The third kappa shape index (κ3) is 5.51. The van der Waals surface area contributed by atoms with E-state index in [4.69, 9.17) is 28.2 Å². The maximum absolute atomic E-state index is 12.9. The van der Waals surface area contributed by atoms with Gasteiger partial charge in [0.25, 0.3) is 0 Å². The molecule has 0 radical (unpaired) electrons. The lowest BCUT2D eigenvalue weighted by Crippen LogP contribution is -2.06. The minimum absolute atomic E-state index is 0.454. The summed E-state index contributed by atoms with van der Waals surface area (Å²) in [6, 6.07) is 16.4. The fraction of sp³-hybridized carbons (Fsp3) is 0.120. The summed E-state index contributed by atoms with van der Waals surface area (Å²) >= 11 is 14.2. The molecule has 6 nitrogen and oxygen atoms in total. The van der Waals surface area contributed by atoms with Crippen molar-refractivity contribution in [2.24, 2.45) is 0 Å². The molecule has 0 saturated carbocycles. The number of aromatic nitrogens is 4. The van der Waals surface area contributed by atoms with Gasteiger partial charge < -0.3 is 10.6 Å². The number of hydrogen-bond acceptors (Lipinski definition) is 7. The Bertz CT molecular complexity index is 1440. The summed E-state index contributed by atoms with van der Waals surface area (Å²) in [5, 5.41) is 8.55. The van der Waals surface area contributed by atoms with Crippen LogP contribution >= 0.6 is 34.5 Å². The number of alkyl halides is 1. The lowest BCUT2D eigenvalue weighted by Gasteiger charge is -2.10. The SMILES string of the molecule is FCc1ccc(Nc2nc(NCc3cccnc3)nc3sc(Cc4c(Cl)cccc4Cl)nc23)cc1. The van der Waals surface area contributed by atoms with E-state index < -0.39 is 6.67 Å². The number of fused-ring (bicyclic) bond motifs is 1. The van der Waals surface area contributed by atoms with Crippen molar-refractivity contribution >= 4 is 62.3 Å². The highest BCUT2D eigenvalue weighted by Gasteiger charge is 2.16. The average molecular weight is 525 g/mol. The number of halogens is 3. The first-order chi connectivity index (χ1) is 17.1. The number of rotatable bonds is 8. The highest BCUT2D eigenvalue weighted by atomic mass is 35.5. The molecule has 0 aliphatic carbocycles. The maximum atomic E-state index is 12.9. The van der Waals surface area contributed by atoms with Crippen LogP contribution in [0.4, 0.5) is 21.8 Å². The molecule has 3 aromatic heterocycles. The summed E-state index contributed by atoms with van der Waals surface area (Å²) < 4.78 is 12.9. The van der Waals surface area contributed by atoms with E-state index >= 15 is 0 Å². The molecule has 0 unspecified atom stereocenters. The number of pyridine rings is 1. The van der Waals surface area contributed by atoms with Crippen molar-refractivity contribution in [2.75, 3.05) is 10.6 Å². The van der Waals surface area contributed by atoms with E-state index in [9.17, 15) is 4.39 Å². The number of nitrogens with zero attached hydrogens (tertiary/aromatic N) is 4. The second-order valence-corrected chi connectivity index (χ2v) is 9.58. The quantitative estimate of drug-likeness (QED) is 0.223. The lowest BCUT2D eigenvalue weighted by atomic mass is 10.1.